The number of nitrogens with zero attached hydrogens (tertiary/aromatic N) is 2. The van der Waals surface area contributed by atoms with Gasteiger partial charge in [0.25, 0.3) is 10.2 Å². The second-order valence-electron chi connectivity index (χ2n) is 6.67. The molecule has 27 heavy (non-hydrogen) atoms. The van der Waals surface area contributed by atoms with Crippen LogP contribution in [0.2, 0.25) is 0 Å². The number of fused-ring (bicyclic) bond motifs is 1. The van der Waals surface area contributed by atoms with Crippen LogP contribution in [0.4, 0.5) is 0 Å². The maximum absolute atomic E-state index is 13.1. The molecule has 1 atom stereocenters. The average Bonchev–Trinajstić information content (AvgIpc) is 2.65. The lowest BCUT2D eigenvalue weighted by atomic mass is 10.0. The van der Waals surface area contributed by atoms with Crippen LogP contribution in [0.15, 0.2) is 53.4 Å². The molecule has 3 rings (SSSR count). The number of nitrogens with two attached hydrogens (primary N) is 1. The Bertz CT molecular complexity index is 1030. The first kappa shape index (κ1) is 20.0. The third kappa shape index (κ3) is 4.07. The van der Waals surface area contributed by atoms with Crippen LogP contribution in [0.5, 0.6) is 0 Å². The number of hydrogen-bond donors (Lipinski definition) is 1. The average molecular weight is 410 g/mol. The number of benzene rings is 2. The van der Waals surface area contributed by atoms with Gasteiger partial charge >= 0.3 is 0 Å². The van der Waals surface area contributed by atoms with Gasteiger partial charge in [0, 0.05) is 26.2 Å². The third-order valence-electron chi connectivity index (χ3n) is 5.02. The molecule has 1 unspecified atom stereocenters. The second kappa shape index (κ2) is 7.33. The molecule has 0 fully saturated rings. The fourth-order valence-corrected chi connectivity index (χ4v) is 5.22. The standard InChI is InChI=1S/C18H23N3O4S2/c1-14(15-7-9-18(10-8-15)26(19,22)23)20(2)27(24,25)21-12-11-16-5-3-4-6-17(16)13-21/h3-10,14H,11-13H2,1-2H3,(H2,19,22,23). The van der Waals surface area contributed by atoms with Gasteiger partial charge in [0.1, 0.15) is 0 Å². The lowest BCUT2D eigenvalue weighted by Crippen LogP contribution is -2.45. The molecule has 0 saturated carbocycles. The van der Waals surface area contributed by atoms with Crippen LogP contribution in [-0.4, -0.2) is 39.0 Å². The monoisotopic (exact) mass is 409 g/mol. The van der Waals surface area contributed by atoms with Crippen LogP contribution in [0, 0.1) is 0 Å². The van der Waals surface area contributed by atoms with Crippen LogP contribution in [0.3, 0.4) is 0 Å². The zero-order valence-corrected chi connectivity index (χ0v) is 16.9. The van der Waals surface area contributed by atoms with Crippen molar-refractivity contribution >= 4 is 20.2 Å². The number of hydrogen-bond acceptors (Lipinski definition) is 4. The molecule has 2 N–H and O–H groups in total. The Morgan fingerprint density at radius 3 is 2.19 bits per heavy atom. The van der Waals surface area contributed by atoms with Gasteiger partial charge in [-0.25, -0.2) is 13.6 Å². The van der Waals surface area contributed by atoms with Crippen molar-refractivity contribution in [1.29, 1.82) is 0 Å². The molecule has 7 nitrogen and oxygen atoms in total. The topological polar surface area (TPSA) is 101 Å². The van der Waals surface area contributed by atoms with Crippen LogP contribution >= 0.6 is 0 Å². The molecule has 2 aromatic rings. The molecule has 0 saturated heterocycles. The molecule has 0 aliphatic carbocycles. The maximum atomic E-state index is 13.1. The largest absolute Gasteiger partial charge is 0.282 e. The van der Waals surface area contributed by atoms with Crippen molar-refractivity contribution in [2.45, 2.75) is 30.8 Å². The van der Waals surface area contributed by atoms with Gasteiger partial charge in [-0.3, -0.25) is 0 Å². The van der Waals surface area contributed by atoms with Gasteiger partial charge in [0.15, 0.2) is 0 Å². The molecule has 0 bridgehead atoms. The minimum Gasteiger partial charge on any atom is -0.225 e. The van der Waals surface area contributed by atoms with Crippen LogP contribution in [0.25, 0.3) is 0 Å². The van der Waals surface area contributed by atoms with Gasteiger partial charge in [0.05, 0.1) is 4.90 Å². The predicted molar refractivity (Wildman–Crippen MR) is 103 cm³/mol. The van der Waals surface area contributed by atoms with E-state index in [0.29, 0.717) is 25.1 Å². The van der Waals surface area contributed by atoms with E-state index >= 15 is 0 Å². The molecule has 2 aromatic carbocycles. The van der Waals surface area contributed by atoms with Gasteiger partial charge in [-0.2, -0.15) is 17.0 Å². The lowest BCUT2D eigenvalue weighted by molar-refractivity contribution is 0.317. The number of sulfonamides is 1. The Kier molecular flexibility index (Phi) is 5.42. The fourth-order valence-electron chi connectivity index (χ4n) is 3.19. The van der Waals surface area contributed by atoms with E-state index in [2.05, 4.69) is 0 Å². The first-order valence-corrected chi connectivity index (χ1v) is 11.5. The van der Waals surface area contributed by atoms with E-state index in [1.165, 1.54) is 33.4 Å². The summed E-state index contributed by atoms with van der Waals surface area (Å²) in [6.45, 7) is 2.54. The molecule has 0 amide bonds. The lowest BCUT2D eigenvalue weighted by Gasteiger charge is -2.34. The van der Waals surface area contributed by atoms with Crippen molar-refractivity contribution in [3.05, 3.63) is 65.2 Å². The molecule has 1 aliphatic heterocycles. The third-order valence-corrected chi connectivity index (χ3v) is 7.96. The minimum atomic E-state index is -3.78. The first-order valence-electron chi connectivity index (χ1n) is 8.53. The predicted octanol–water partition coefficient (Wildman–Crippen LogP) is 1.63. The van der Waals surface area contributed by atoms with Gasteiger partial charge < -0.3 is 0 Å². The molecule has 1 heterocycles. The van der Waals surface area contributed by atoms with Gasteiger partial charge in [-0.15, -0.1) is 0 Å². The summed E-state index contributed by atoms with van der Waals surface area (Å²) in [5.74, 6) is 0. The first-order chi connectivity index (χ1) is 12.6. The molecule has 1 aliphatic rings. The normalized spacial score (nSPS) is 16.9. The van der Waals surface area contributed by atoms with E-state index < -0.39 is 26.3 Å². The number of rotatable bonds is 5. The Morgan fingerprint density at radius 1 is 1.00 bits per heavy atom. The van der Waals surface area contributed by atoms with Gasteiger partial charge in [-0.1, -0.05) is 36.4 Å². The van der Waals surface area contributed by atoms with Crippen LogP contribution in [-0.2, 0) is 33.2 Å². The van der Waals surface area contributed by atoms with Gasteiger partial charge in [-0.05, 0) is 42.2 Å². The zero-order valence-electron chi connectivity index (χ0n) is 15.2. The zero-order chi connectivity index (χ0) is 19.8. The minimum absolute atomic E-state index is 0.00315. The summed E-state index contributed by atoms with van der Waals surface area (Å²) in [7, 11) is -5.91. The highest BCUT2D eigenvalue weighted by atomic mass is 32.2. The summed E-state index contributed by atoms with van der Waals surface area (Å²) < 4.78 is 51.7. The highest BCUT2D eigenvalue weighted by Gasteiger charge is 2.33. The van der Waals surface area contributed by atoms with Crippen molar-refractivity contribution < 1.29 is 16.8 Å². The second-order valence-corrected chi connectivity index (χ2v) is 10.2. The van der Waals surface area contributed by atoms with Gasteiger partial charge in [0.2, 0.25) is 10.0 Å². The van der Waals surface area contributed by atoms with E-state index in [1.807, 2.05) is 24.3 Å². The Labute approximate surface area is 160 Å². The summed E-state index contributed by atoms with van der Waals surface area (Å²) in [4.78, 5) is -0.00315. The van der Waals surface area contributed by atoms with Crippen molar-refractivity contribution in [3.63, 3.8) is 0 Å². The van der Waals surface area contributed by atoms with Crippen LogP contribution < -0.4 is 5.14 Å². The van der Waals surface area contributed by atoms with E-state index in [1.54, 1.807) is 19.1 Å². The summed E-state index contributed by atoms with van der Waals surface area (Å²) in [6, 6.07) is 13.3. The quantitative estimate of drug-likeness (QED) is 0.811. The van der Waals surface area contributed by atoms with E-state index in [-0.39, 0.29) is 4.90 Å². The SMILES string of the molecule is CC(c1ccc(S(N)(=O)=O)cc1)N(C)S(=O)(=O)N1CCc2ccccc2C1. The van der Waals surface area contributed by atoms with Crippen LogP contribution in [0.1, 0.15) is 29.7 Å². The summed E-state index contributed by atoms with van der Waals surface area (Å²) in [6.07, 6.45) is 0.681. The number of primary sulfonamides is 1. The molecule has 0 radical (unpaired) electrons. The van der Waals surface area contributed by atoms with Crippen molar-refractivity contribution in [2.75, 3.05) is 13.6 Å². The van der Waals surface area contributed by atoms with Crippen molar-refractivity contribution in [3.8, 4) is 0 Å². The Hall–Kier alpha value is -1.78. The maximum Gasteiger partial charge on any atom is 0.282 e. The molecule has 0 spiro atoms. The summed E-state index contributed by atoms with van der Waals surface area (Å²) >= 11 is 0. The summed E-state index contributed by atoms with van der Waals surface area (Å²) in [5.41, 5.74) is 2.88. The van der Waals surface area contributed by atoms with Crippen molar-refractivity contribution in [2.24, 2.45) is 5.14 Å². The van der Waals surface area contributed by atoms with Crippen molar-refractivity contribution in [1.82, 2.24) is 8.61 Å². The molecule has 0 aromatic heterocycles. The highest BCUT2D eigenvalue weighted by Crippen LogP contribution is 2.27. The highest BCUT2D eigenvalue weighted by molar-refractivity contribution is 7.89. The molecular weight excluding hydrogens is 386 g/mol. The van der Waals surface area contributed by atoms with E-state index in [4.69, 9.17) is 5.14 Å². The molecule has 146 valence electrons. The fraction of sp³-hybridized carbons (Fsp3) is 0.333. The molecule has 9 heteroatoms. The summed E-state index contributed by atoms with van der Waals surface area (Å²) in [5, 5.41) is 5.11. The Morgan fingerprint density at radius 2 is 1.59 bits per heavy atom. The Balaban J connectivity index is 1.81. The van der Waals surface area contributed by atoms with E-state index in [9.17, 15) is 16.8 Å². The molecular formula is C18H23N3O4S2. The van der Waals surface area contributed by atoms with E-state index in [0.717, 1.165) is 5.56 Å². The smallest absolute Gasteiger partial charge is 0.225 e.